The Bertz CT molecular complexity index is 545. The highest BCUT2D eigenvalue weighted by Gasteiger charge is 2.23. The van der Waals surface area contributed by atoms with Gasteiger partial charge < -0.3 is 5.32 Å². The lowest BCUT2D eigenvalue weighted by Crippen LogP contribution is -2.24. The first-order valence-corrected chi connectivity index (χ1v) is 6.54. The largest absolute Gasteiger partial charge is 0.312 e. The second-order valence-corrected chi connectivity index (χ2v) is 4.91. The van der Waals surface area contributed by atoms with Crippen molar-refractivity contribution in [3.8, 4) is 0 Å². The smallest absolute Gasteiger partial charge is 0.128 e. The van der Waals surface area contributed by atoms with Gasteiger partial charge in [-0.05, 0) is 37.4 Å². The summed E-state index contributed by atoms with van der Waals surface area (Å²) in [5, 5.41) is 3.68. The third kappa shape index (κ3) is 3.11. The van der Waals surface area contributed by atoms with Crippen LogP contribution >= 0.6 is 11.6 Å². The van der Waals surface area contributed by atoms with E-state index in [4.69, 9.17) is 11.6 Å². The molecule has 0 radical (unpaired) electrons. The zero-order valence-corrected chi connectivity index (χ0v) is 11.7. The highest BCUT2D eigenvalue weighted by molar-refractivity contribution is 6.30. The van der Waals surface area contributed by atoms with Crippen LogP contribution in [-0.2, 0) is 0 Å². The zero-order chi connectivity index (χ0) is 13.8. The van der Waals surface area contributed by atoms with E-state index in [9.17, 15) is 4.39 Å². The fourth-order valence-electron chi connectivity index (χ4n) is 2.24. The molecule has 2 rings (SSSR count). The molecule has 0 saturated heterocycles. The van der Waals surface area contributed by atoms with Crippen LogP contribution in [0, 0.1) is 5.82 Å². The second kappa shape index (κ2) is 6.13. The number of hydrogen-bond acceptors (Lipinski definition) is 2. The average Bonchev–Trinajstić information content (AvgIpc) is 2.44. The number of hydrogen-bond donors (Lipinski definition) is 1. The molecule has 0 spiro atoms. The standard InChI is InChI=1S/C15H16ClFN2/c1-10(14-5-3-4-8-19-14)15(18-2)12-9-11(16)6-7-13(12)17/h3-10,15,18H,1-2H3. The van der Waals surface area contributed by atoms with Crippen LogP contribution in [0.15, 0.2) is 42.6 Å². The van der Waals surface area contributed by atoms with Crippen LogP contribution in [0.1, 0.15) is 30.1 Å². The number of halogens is 2. The van der Waals surface area contributed by atoms with E-state index in [1.807, 2.05) is 32.2 Å². The number of rotatable bonds is 4. The van der Waals surface area contributed by atoms with Crippen molar-refractivity contribution in [2.24, 2.45) is 0 Å². The van der Waals surface area contributed by atoms with Crippen molar-refractivity contribution in [3.05, 3.63) is 64.7 Å². The van der Waals surface area contributed by atoms with Crippen LogP contribution in [0.5, 0.6) is 0 Å². The maximum Gasteiger partial charge on any atom is 0.128 e. The monoisotopic (exact) mass is 278 g/mol. The molecule has 0 saturated carbocycles. The van der Waals surface area contributed by atoms with Gasteiger partial charge in [0.2, 0.25) is 0 Å². The van der Waals surface area contributed by atoms with Gasteiger partial charge in [0.15, 0.2) is 0 Å². The van der Waals surface area contributed by atoms with E-state index in [1.165, 1.54) is 6.07 Å². The molecule has 4 heteroatoms. The van der Waals surface area contributed by atoms with Crippen molar-refractivity contribution in [3.63, 3.8) is 0 Å². The molecule has 0 aliphatic rings. The van der Waals surface area contributed by atoms with Gasteiger partial charge in [-0.2, -0.15) is 0 Å². The lowest BCUT2D eigenvalue weighted by atomic mass is 9.91. The molecule has 1 aromatic heterocycles. The molecular formula is C15H16ClFN2. The van der Waals surface area contributed by atoms with E-state index < -0.39 is 0 Å². The van der Waals surface area contributed by atoms with Crippen LogP contribution in [0.3, 0.4) is 0 Å². The van der Waals surface area contributed by atoms with Crippen LogP contribution in [-0.4, -0.2) is 12.0 Å². The molecule has 2 aromatic rings. The molecule has 1 N–H and O–H groups in total. The first kappa shape index (κ1) is 14.0. The predicted molar refractivity (Wildman–Crippen MR) is 75.9 cm³/mol. The van der Waals surface area contributed by atoms with Gasteiger partial charge in [-0.15, -0.1) is 0 Å². The number of benzene rings is 1. The summed E-state index contributed by atoms with van der Waals surface area (Å²) in [5.74, 6) is -0.217. The Morgan fingerprint density at radius 3 is 2.68 bits per heavy atom. The summed E-state index contributed by atoms with van der Waals surface area (Å²) in [6.45, 7) is 2.02. The van der Waals surface area contributed by atoms with Crippen LogP contribution in [0.4, 0.5) is 4.39 Å². The van der Waals surface area contributed by atoms with Gasteiger partial charge in [0.05, 0.1) is 0 Å². The summed E-state index contributed by atoms with van der Waals surface area (Å²) in [7, 11) is 1.81. The van der Waals surface area contributed by atoms with Crippen LogP contribution < -0.4 is 5.32 Å². The van der Waals surface area contributed by atoms with Crippen molar-refractivity contribution >= 4 is 11.6 Å². The number of nitrogens with zero attached hydrogens (tertiary/aromatic N) is 1. The summed E-state index contributed by atoms with van der Waals surface area (Å²) < 4.78 is 14.0. The second-order valence-electron chi connectivity index (χ2n) is 4.48. The minimum absolute atomic E-state index is 0.0409. The van der Waals surface area contributed by atoms with Gasteiger partial charge in [-0.3, -0.25) is 4.98 Å². The summed E-state index contributed by atoms with van der Waals surface area (Å²) in [4.78, 5) is 4.33. The summed E-state index contributed by atoms with van der Waals surface area (Å²) in [6, 6.07) is 10.2. The number of pyridine rings is 1. The fourth-order valence-corrected chi connectivity index (χ4v) is 2.42. The molecule has 0 aliphatic heterocycles. The van der Waals surface area contributed by atoms with E-state index in [1.54, 1.807) is 18.3 Å². The first-order chi connectivity index (χ1) is 9.13. The molecular weight excluding hydrogens is 263 g/mol. The lowest BCUT2D eigenvalue weighted by Gasteiger charge is -2.24. The summed E-state index contributed by atoms with van der Waals surface area (Å²) in [5.41, 5.74) is 1.48. The molecule has 0 aliphatic carbocycles. The highest BCUT2D eigenvalue weighted by atomic mass is 35.5. The van der Waals surface area contributed by atoms with Gasteiger partial charge in [0, 0.05) is 34.4 Å². The number of likely N-dealkylation sites (N-methyl/N-ethyl adjacent to an activating group) is 1. The van der Waals surface area contributed by atoms with Crippen molar-refractivity contribution in [2.75, 3.05) is 7.05 Å². The summed E-state index contributed by atoms with van der Waals surface area (Å²) >= 11 is 5.96. The first-order valence-electron chi connectivity index (χ1n) is 6.16. The van der Waals surface area contributed by atoms with Gasteiger partial charge in [-0.25, -0.2) is 4.39 Å². The topological polar surface area (TPSA) is 24.9 Å². The van der Waals surface area contributed by atoms with Gasteiger partial charge in [0.25, 0.3) is 0 Å². The maximum absolute atomic E-state index is 14.0. The molecule has 100 valence electrons. The Hall–Kier alpha value is -1.45. The van der Waals surface area contributed by atoms with E-state index >= 15 is 0 Å². The lowest BCUT2D eigenvalue weighted by molar-refractivity contribution is 0.471. The highest BCUT2D eigenvalue weighted by Crippen LogP contribution is 2.31. The molecule has 2 nitrogen and oxygen atoms in total. The van der Waals surface area contributed by atoms with E-state index in [0.717, 1.165) is 5.69 Å². The SMILES string of the molecule is CNC(c1cc(Cl)ccc1F)C(C)c1ccccn1. The minimum Gasteiger partial charge on any atom is -0.312 e. The summed E-state index contributed by atoms with van der Waals surface area (Å²) in [6.07, 6.45) is 1.74. The quantitative estimate of drug-likeness (QED) is 0.916. The normalized spacial score (nSPS) is 14.1. The molecule has 1 aromatic carbocycles. The Balaban J connectivity index is 2.37. The predicted octanol–water partition coefficient (Wildman–Crippen LogP) is 3.94. The molecule has 1 heterocycles. The Labute approximate surface area is 117 Å². The van der Waals surface area contributed by atoms with E-state index in [2.05, 4.69) is 10.3 Å². The molecule has 19 heavy (non-hydrogen) atoms. The number of nitrogens with one attached hydrogen (secondary N) is 1. The van der Waals surface area contributed by atoms with Gasteiger partial charge in [0.1, 0.15) is 5.82 Å². The molecule has 0 bridgehead atoms. The Kier molecular flexibility index (Phi) is 4.51. The Morgan fingerprint density at radius 2 is 2.05 bits per heavy atom. The average molecular weight is 279 g/mol. The third-order valence-electron chi connectivity index (χ3n) is 3.26. The van der Waals surface area contributed by atoms with Gasteiger partial charge in [-0.1, -0.05) is 24.6 Å². The van der Waals surface area contributed by atoms with E-state index in [-0.39, 0.29) is 17.8 Å². The fraction of sp³-hybridized carbons (Fsp3) is 0.267. The van der Waals surface area contributed by atoms with Crippen molar-refractivity contribution in [1.82, 2.24) is 10.3 Å². The van der Waals surface area contributed by atoms with Crippen molar-refractivity contribution < 1.29 is 4.39 Å². The molecule has 2 atom stereocenters. The zero-order valence-electron chi connectivity index (χ0n) is 10.9. The van der Waals surface area contributed by atoms with Crippen LogP contribution in [0.2, 0.25) is 5.02 Å². The van der Waals surface area contributed by atoms with Crippen LogP contribution in [0.25, 0.3) is 0 Å². The Morgan fingerprint density at radius 1 is 1.26 bits per heavy atom. The minimum atomic E-state index is -0.258. The molecule has 2 unspecified atom stereocenters. The third-order valence-corrected chi connectivity index (χ3v) is 3.49. The molecule has 0 fully saturated rings. The molecule has 0 amide bonds. The van der Waals surface area contributed by atoms with E-state index in [0.29, 0.717) is 10.6 Å². The van der Waals surface area contributed by atoms with Gasteiger partial charge >= 0.3 is 0 Å². The van der Waals surface area contributed by atoms with Crippen molar-refractivity contribution in [2.45, 2.75) is 18.9 Å². The van der Waals surface area contributed by atoms with Crippen molar-refractivity contribution in [1.29, 1.82) is 0 Å². The number of aromatic nitrogens is 1. The maximum atomic E-state index is 14.0.